The molecule has 8 heteroatoms. The third kappa shape index (κ3) is 5.37. The van der Waals surface area contributed by atoms with Crippen molar-refractivity contribution in [2.45, 2.75) is 30.7 Å². The van der Waals surface area contributed by atoms with E-state index in [1.807, 2.05) is 31.2 Å². The minimum Gasteiger partial charge on any atom is -0.383 e. The number of hydrogen-bond acceptors (Lipinski definition) is 4. The number of thioether (sulfide) groups is 1. The first-order chi connectivity index (χ1) is 14.9. The standard InChI is InChI=1S/C23H26Cl2N2O3S/c1-3-31-23(22(29)26-12-13-30-2)14-20(28)27(15-16-4-8-18(24)9-5-16)21(23)17-6-10-19(25)11-7-17/h4-11,21H,3,12-15H2,1-2H3,(H,26,29). The van der Waals surface area contributed by atoms with Crippen LogP contribution in [0.4, 0.5) is 0 Å². The first-order valence-electron chi connectivity index (χ1n) is 10.1. The third-order valence-corrected chi connectivity index (χ3v) is 7.18. The molecule has 3 rings (SSSR count). The molecule has 2 atom stereocenters. The van der Waals surface area contributed by atoms with E-state index in [-0.39, 0.29) is 18.2 Å². The lowest BCUT2D eigenvalue weighted by Gasteiger charge is -2.36. The van der Waals surface area contributed by atoms with Crippen LogP contribution in [0.15, 0.2) is 48.5 Å². The predicted octanol–water partition coefficient (Wildman–Crippen LogP) is 4.72. The first-order valence-corrected chi connectivity index (χ1v) is 11.9. The molecular formula is C23H26Cl2N2O3S. The number of carbonyl (C=O) groups is 2. The molecule has 2 unspecified atom stereocenters. The molecule has 1 fully saturated rings. The van der Waals surface area contributed by atoms with Gasteiger partial charge < -0.3 is 15.0 Å². The second-order valence-corrected chi connectivity index (χ2v) is 9.82. The van der Waals surface area contributed by atoms with E-state index in [9.17, 15) is 9.59 Å². The molecule has 0 spiro atoms. The van der Waals surface area contributed by atoms with Crippen LogP contribution in [-0.2, 0) is 20.9 Å². The van der Waals surface area contributed by atoms with E-state index in [1.165, 1.54) is 11.8 Å². The fraction of sp³-hybridized carbons (Fsp3) is 0.391. The van der Waals surface area contributed by atoms with Crippen molar-refractivity contribution in [3.8, 4) is 0 Å². The van der Waals surface area contributed by atoms with Gasteiger partial charge in [0.15, 0.2) is 0 Å². The van der Waals surface area contributed by atoms with Crippen LogP contribution in [0.2, 0.25) is 10.0 Å². The molecule has 166 valence electrons. The molecule has 1 N–H and O–H groups in total. The fourth-order valence-electron chi connectivity index (χ4n) is 3.95. The lowest BCUT2D eigenvalue weighted by Crippen LogP contribution is -2.49. The summed E-state index contributed by atoms with van der Waals surface area (Å²) in [7, 11) is 1.59. The molecule has 0 radical (unpaired) electrons. The summed E-state index contributed by atoms with van der Waals surface area (Å²) in [5.74, 6) is 0.491. The zero-order valence-corrected chi connectivity index (χ0v) is 19.9. The highest BCUT2D eigenvalue weighted by Crippen LogP contribution is 2.50. The van der Waals surface area contributed by atoms with E-state index in [4.69, 9.17) is 27.9 Å². The Bertz CT molecular complexity index is 908. The quantitative estimate of drug-likeness (QED) is 0.527. The van der Waals surface area contributed by atoms with Crippen molar-refractivity contribution in [2.75, 3.05) is 26.0 Å². The number of hydrogen-bond donors (Lipinski definition) is 1. The van der Waals surface area contributed by atoms with E-state index >= 15 is 0 Å². The molecule has 2 aromatic carbocycles. The highest BCUT2D eigenvalue weighted by molar-refractivity contribution is 8.01. The van der Waals surface area contributed by atoms with Gasteiger partial charge in [0.25, 0.3) is 0 Å². The van der Waals surface area contributed by atoms with E-state index < -0.39 is 10.8 Å². The Morgan fingerprint density at radius 2 is 1.77 bits per heavy atom. The Morgan fingerprint density at radius 1 is 1.16 bits per heavy atom. The molecule has 0 bridgehead atoms. The van der Waals surface area contributed by atoms with E-state index in [2.05, 4.69) is 5.32 Å². The van der Waals surface area contributed by atoms with Crippen molar-refractivity contribution in [1.29, 1.82) is 0 Å². The van der Waals surface area contributed by atoms with Crippen LogP contribution in [0.1, 0.15) is 30.5 Å². The Labute approximate surface area is 197 Å². The Hall–Kier alpha value is -1.73. The molecule has 0 aliphatic carbocycles. The normalized spacial score (nSPS) is 20.8. The van der Waals surface area contributed by atoms with Gasteiger partial charge in [-0.2, -0.15) is 0 Å². The van der Waals surface area contributed by atoms with Gasteiger partial charge in [-0.25, -0.2) is 0 Å². The number of carbonyl (C=O) groups excluding carboxylic acids is 2. The number of rotatable bonds is 9. The molecule has 1 saturated heterocycles. The second kappa shape index (κ2) is 10.7. The molecule has 0 aromatic heterocycles. The van der Waals surface area contributed by atoms with Crippen molar-refractivity contribution in [2.24, 2.45) is 0 Å². The zero-order chi connectivity index (χ0) is 22.4. The number of likely N-dealkylation sites (tertiary alicyclic amines) is 1. The molecule has 0 saturated carbocycles. The number of nitrogens with zero attached hydrogens (tertiary/aromatic N) is 1. The number of ether oxygens (including phenoxy) is 1. The maximum atomic E-state index is 13.5. The van der Waals surface area contributed by atoms with Crippen LogP contribution in [-0.4, -0.2) is 47.5 Å². The van der Waals surface area contributed by atoms with E-state index in [0.29, 0.717) is 35.5 Å². The lowest BCUT2D eigenvalue weighted by molar-refractivity contribution is -0.129. The van der Waals surface area contributed by atoms with Gasteiger partial charge in [-0.15, -0.1) is 11.8 Å². The first kappa shape index (κ1) is 23.9. The summed E-state index contributed by atoms with van der Waals surface area (Å²) in [6.45, 7) is 3.19. The van der Waals surface area contributed by atoms with Crippen molar-refractivity contribution in [3.05, 3.63) is 69.7 Å². The van der Waals surface area contributed by atoms with Gasteiger partial charge in [0.2, 0.25) is 11.8 Å². The highest BCUT2D eigenvalue weighted by Gasteiger charge is 2.57. The molecule has 2 aromatic rings. The fourth-order valence-corrected chi connectivity index (χ4v) is 5.57. The van der Waals surface area contributed by atoms with Gasteiger partial charge >= 0.3 is 0 Å². The molecule has 2 amide bonds. The van der Waals surface area contributed by atoms with Gasteiger partial charge in [-0.3, -0.25) is 9.59 Å². The summed E-state index contributed by atoms with van der Waals surface area (Å²) in [6, 6.07) is 14.4. The summed E-state index contributed by atoms with van der Waals surface area (Å²) in [6.07, 6.45) is 0.130. The van der Waals surface area contributed by atoms with Crippen LogP contribution in [0.25, 0.3) is 0 Å². The molecule has 1 heterocycles. The van der Waals surface area contributed by atoms with Crippen LogP contribution in [0.5, 0.6) is 0 Å². The number of amides is 2. The SMILES string of the molecule is CCSC1(C(=O)NCCOC)CC(=O)N(Cc2ccc(Cl)cc2)C1c1ccc(Cl)cc1. The smallest absolute Gasteiger partial charge is 0.239 e. The van der Waals surface area contributed by atoms with Crippen LogP contribution in [0, 0.1) is 0 Å². The number of methoxy groups -OCH3 is 1. The van der Waals surface area contributed by atoms with Gasteiger partial charge in [-0.05, 0) is 41.1 Å². The van der Waals surface area contributed by atoms with E-state index in [0.717, 1.165) is 11.1 Å². The average Bonchev–Trinajstić information content (AvgIpc) is 3.03. The van der Waals surface area contributed by atoms with Crippen molar-refractivity contribution in [3.63, 3.8) is 0 Å². The molecule has 1 aliphatic rings. The summed E-state index contributed by atoms with van der Waals surface area (Å²) in [4.78, 5) is 28.5. The zero-order valence-electron chi connectivity index (χ0n) is 17.6. The van der Waals surface area contributed by atoms with Crippen molar-refractivity contribution < 1.29 is 14.3 Å². The predicted molar refractivity (Wildman–Crippen MR) is 127 cm³/mol. The molecule has 5 nitrogen and oxygen atoms in total. The summed E-state index contributed by atoms with van der Waals surface area (Å²) in [5.41, 5.74) is 1.83. The Balaban J connectivity index is 2.03. The monoisotopic (exact) mass is 480 g/mol. The van der Waals surface area contributed by atoms with Crippen LogP contribution < -0.4 is 5.32 Å². The van der Waals surface area contributed by atoms with Crippen LogP contribution in [0.3, 0.4) is 0 Å². The Kier molecular flexibility index (Phi) is 8.28. The van der Waals surface area contributed by atoms with Crippen molar-refractivity contribution >= 4 is 46.8 Å². The second-order valence-electron chi connectivity index (χ2n) is 7.35. The highest BCUT2D eigenvalue weighted by atomic mass is 35.5. The Morgan fingerprint density at radius 3 is 2.35 bits per heavy atom. The van der Waals surface area contributed by atoms with Gasteiger partial charge in [0.05, 0.1) is 19.1 Å². The maximum Gasteiger partial charge on any atom is 0.239 e. The summed E-state index contributed by atoms with van der Waals surface area (Å²) < 4.78 is 4.13. The van der Waals surface area contributed by atoms with E-state index in [1.54, 1.807) is 36.3 Å². The third-order valence-electron chi connectivity index (χ3n) is 5.32. The topological polar surface area (TPSA) is 58.6 Å². The largest absolute Gasteiger partial charge is 0.383 e. The number of halogens is 2. The number of nitrogens with one attached hydrogen (secondary N) is 1. The van der Waals surface area contributed by atoms with Gasteiger partial charge in [0, 0.05) is 30.2 Å². The summed E-state index contributed by atoms with van der Waals surface area (Å²) >= 11 is 13.7. The lowest BCUT2D eigenvalue weighted by atomic mass is 9.91. The van der Waals surface area contributed by atoms with Gasteiger partial charge in [-0.1, -0.05) is 54.4 Å². The van der Waals surface area contributed by atoms with Crippen LogP contribution >= 0.6 is 35.0 Å². The molecular weight excluding hydrogens is 455 g/mol. The number of benzene rings is 2. The minimum atomic E-state index is -0.945. The van der Waals surface area contributed by atoms with Gasteiger partial charge in [0.1, 0.15) is 4.75 Å². The average molecular weight is 481 g/mol. The molecule has 31 heavy (non-hydrogen) atoms. The van der Waals surface area contributed by atoms with Crippen molar-refractivity contribution in [1.82, 2.24) is 10.2 Å². The maximum absolute atomic E-state index is 13.5. The minimum absolute atomic E-state index is 0.0576. The molecule has 1 aliphatic heterocycles. The summed E-state index contributed by atoms with van der Waals surface area (Å²) in [5, 5.41) is 4.21.